The van der Waals surface area contributed by atoms with Crippen molar-refractivity contribution in [1.29, 1.82) is 0 Å². The molecule has 6 aliphatic carbocycles. The number of carbonyl (C=O) groups excluding carboxylic acids is 14. The molecule has 38 heteroatoms. The highest BCUT2D eigenvalue weighted by Gasteiger charge is 2.42. The second-order valence-corrected chi connectivity index (χ2v) is 42.9. The van der Waals surface area contributed by atoms with Crippen molar-refractivity contribution in [3.8, 4) is 23.0 Å². The molecule has 4 aliphatic heterocycles. The zero-order valence-electron chi connectivity index (χ0n) is 87.0. The average Bonchev–Trinajstić information content (AvgIpc) is 1.63. The third-order valence-corrected chi connectivity index (χ3v) is 33.4. The van der Waals surface area contributed by atoms with Crippen LogP contribution < -0.4 is 18.9 Å². The standard InChI is InChI=1S/C56H73NO12S2.C51H65N3O16S2.C5H8O2/c1-5-48(58)66-36-14-10-8-12-34-64-44-28-24-40(25-29-44)38-16-20-42(21-17-38)53(60)68-46-32-33-47(52-51(46)70-56(71-52)50(57-4)55(62)63-7-3)69-54(61)43-22-18-39(19-23-43)41-26-30-45(31-27-41)65-35-13-9-11-15-37-67-49(59)6-2;1-5-8-29-65-50(61)53-25-21-34(22-26-53)44(56)67-36-15-11-32(12-16-36)46(58)69-38-19-20-39(43-42(38)71-49(72-43)41(52-4)48(60)63-7-3)70-47(59)33-13-17-37(18-14-33)68-45(57)35-23-27-54(28-24-35)51(62)66-31-10-9-30-64-40(55)6-2;1-3-5(6)7-4-2/h5-6,20,22,32-33,38-41,44-45H,1-2,7-19,21,23-31,34-37H2,3H3;6,19-20,32-37H,2,5,7-18,21-31H2,1,3H3;3H,1,4H2,2H3/b;49-41-;. The lowest BCUT2D eigenvalue weighted by Crippen LogP contribution is -2.41. The number of nitrogens with zero attached hydrogens (tertiary/aromatic N) is 4. The van der Waals surface area contributed by atoms with Crippen LogP contribution in [0.15, 0.2) is 138 Å². The van der Waals surface area contributed by atoms with Crippen LogP contribution in [0, 0.1) is 60.5 Å². The number of allylic oxidation sites excluding steroid dienone is 2. The highest BCUT2D eigenvalue weighted by Crippen LogP contribution is 2.61. The number of ether oxygens (including phenoxy) is 16. The number of rotatable bonds is 47. The molecule has 0 spiro atoms. The molecule has 0 N–H and O–H groups in total. The van der Waals surface area contributed by atoms with Gasteiger partial charge in [0.2, 0.25) is 0 Å². The van der Waals surface area contributed by atoms with E-state index in [0.717, 1.165) is 214 Å². The lowest BCUT2D eigenvalue weighted by atomic mass is 9.73. The van der Waals surface area contributed by atoms with Gasteiger partial charge in [-0.15, -0.1) is 0 Å². The van der Waals surface area contributed by atoms with Crippen LogP contribution in [0.25, 0.3) is 9.69 Å². The summed E-state index contributed by atoms with van der Waals surface area (Å²) in [5, 5.41) is 0. The molecule has 2 amide bonds. The van der Waals surface area contributed by atoms with Crippen LogP contribution in [-0.4, -0.2) is 210 Å². The van der Waals surface area contributed by atoms with Gasteiger partial charge in [-0.1, -0.05) is 112 Å². The summed E-state index contributed by atoms with van der Waals surface area (Å²) in [5.41, 5.74) is 0.840. The minimum absolute atomic E-state index is 0.0536. The fraction of sp³-hybridized carbons (Fsp3) is 0.607. The minimum Gasteiger partial charge on any atom is -0.471 e. The smallest absolute Gasteiger partial charge is 0.409 e. The molecule has 10 aliphatic rings. The summed E-state index contributed by atoms with van der Waals surface area (Å²) in [7, 11) is 0. The van der Waals surface area contributed by atoms with Crippen molar-refractivity contribution in [3.63, 3.8) is 0 Å². The van der Waals surface area contributed by atoms with Gasteiger partial charge in [-0.2, -0.15) is 0 Å². The number of esters is 12. The molecule has 12 rings (SSSR count). The van der Waals surface area contributed by atoms with E-state index in [4.69, 9.17) is 84.2 Å². The maximum absolute atomic E-state index is 13.7. The number of carbonyl (C=O) groups is 14. The Kier molecular flexibility index (Phi) is 52.5. The summed E-state index contributed by atoms with van der Waals surface area (Å²) < 4.78 is 89.4. The molecule has 0 bridgehead atoms. The van der Waals surface area contributed by atoms with Crippen LogP contribution in [0.2, 0.25) is 0 Å². The van der Waals surface area contributed by atoms with Crippen LogP contribution in [0.3, 0.4) is 0 Å². The zero-order valence-corrected chi connectivity index (χ0v) is 90.2. The Morgan fingerprint density at radius 3 is 0.940 bits per heavy atom. The Hall–Kier alpha value is -11.2. The SMILES string of the molecule is C=CC(=O)OCC.[C-]#[N+]/C(C(=O)OCC)=C1/Sc2c(OC(=O)C3CCC(OC(=O)C4CCN(C(=O)OCCCC)CC4)CC3)ccc(OC(=O)C3CCC(OC(=O)C4CCN(C(=O)OCCCCOC(=O)C=C)CC4)CC3)c2S1.[C-]#[N+]C(C(=O)OCC)=C1Sc2c(OC(=O)C3=CCC(C4CCC(OCCCCCCOC(=O)C=C)CC4)CC3)ccc(OC(=O)C3=CCC(C4CCC(OCCCCCCOC(=O)C=C)CC4)CC3)c2S1. The summed E-state index contributed by atoms with van der Waals surface area (Å²) >= 11 is 4.39. The Bertz CT molecular complexity index is 5070. The van der Waals surface area contributed by atoms with E-state index in [1.54, 1.807) is 42.7 Å². The summed E-state index contributed by atoms with van der Waals surface area (Å²) in [5.74, 6) is -4.19. The summed E-state index contributed by atoms with van der Waals surface area (Å²) in [6.45, 7) is 41.3. The second kappa shape index (κ2) is 65.3. The summed E-state index contributed by atoms with van der Waals surface area (Å²) in [6, 6.07) is 6.32. The molecule has 4 heterocycles. The normalized spacial score (nSPS) is 21.7. The van der Waals surface area contributed by atoms with Crippen molar-refractivity contribution < 1.29 is 143 Å². The molecule has 2 aromatic rings. The van der Waals surface area contributed by atoms with Crippen LogP contribution in [-0.2, 0) is 114 Å². The van der Waals surface area contributed by atoms with Crippen molar-refractivity contribution in [2.24, 2.45) is 47.3 Å². The van der Waals surface area contributed by atoms with E-state index in [-0.39, 0.29) is 125 Å². The number of likely N-dealkylation sites (tertiary alicyclic amines) is 2. The number of thioether (sulfide) groups is 4. The number of piperidine rings is 2. The molecule has 6 fully saturated rings. The van der Waals surface area contributed by atoms with Crippen molar-refractivity contribution in [2.75, 3.05) is 92.2 Å². The number of amides is 2. The average molecular weight is 2160 g/mol. The first-order valence-electron chi connectivity index (χ1n) is 53.3. The summed E-state index contributed by atoms with van der Waals surface area (Å²) in [4.78, 5) is 187. The molecule has 4 saturated carbocycles. The van der Waals surface area contributed by atoms with E-state index in [1.165, 1.54) is 24.3 Å². The predicted octanol–water partition coefficient (Wildman–Crippen LogP) is 21.8. The predicted molar refractivity (Wildman–Crippen MR) is 560 cm³/mol. The molecule has 818 valence electrons. The highest BCUT2D eigenvalue weighted by molar-refractivity contribution is 8.25. The molecule has 150 heavy (non-hydrogen) atoms. The molecule has 0 radical (unpaired) electrons. The monoisotopic (exact) mass is 2150 g/mol. The van der Waals surface area contributed by atoms with Gasteiger partial charge in [0, 0.05) is 74.8 Å². The van der Waals surface area contributed by atoms with Gasteiger partial charge in [0.25, 0.3) is 11.4 Å². The first kappa shape index (κ1) is 121. The van der Waals surface area contributed by atoms with Crippen LogP contribution in [0.1, 0.15) is 272 Å². The first-order valence-corrected chi connectivity index (χ1v) is 56.5. The molecular weight excluding hydrogens is 2010 g/mol. The first-order chi connectivity index (χ1) is 72.7. The van der Waals surface area contributed by atoms with Crippen LogP contribution in [0.4, 0.5) is 9.59 Å². The largest absolute Gasteiger partial charge is 0.471 e. The van der Waals surface area contributed by atoms with Crippen LogP contribution >= 0.6 is 47.0 Å². The van der Waals surface area contributed by atoms with Gasteiger partial charge in [0.05, 0.1) is 130 Å². The summed E-state index contributed by atoms with van der Waals surface area (Å²) in [6.07, 6.45) is 37.0. The molecule has 2 unspecified atom stereocenters. The molecule has 34 nitrogen and oxygen atoms in total. The lowest BCUT2D eigenvalue weighted by Gasteiger charge is -2.35. The number of hydrogen-bond donors (Lipinski definition) is 0. The molecular formula is C112H146N4O30S4. The van der Waals surface area contributed by atoms with Gasteiger partial charge < -0.3 is 85.6 Å². The third kappa shape index (κ3) is 38.6. The number of benzene rings is 2. The van der Waals surface area contributed by atoms with Gasteiger partial charge in [0.1, 0.15) is 35.2 Å². The van der Waals surface area contributed by atoms with E-state index >= 15 is 0 Å². The van der Waals surface area contributed by atoms with Crippen molar-refractivity contribution in [3.05, 3.63) is 141 Å². The second-order valence-electron chi connectivity index (χ2n) is 38.3. The fourth-order valence-electron chi connectivity index (χ4n) is 19.5. The maximum Gasteiger partial charge on any atom is 0.409 e. The van der Waals surface area contributed by atoms with Gasteiger partial charge in [-0.3, -0.25) is 28.8 Å². The maximum atomic E-state index is 13.7. The van der Waals surface area contributed by atoms with Gasteiger partial charge in [0.15, 0.2) is 0 Å². The Labute approximate surface area is 897 Å². The number of fused-ring (bicyclic) bond motifs is 2. The van der Waals surface area contributed by atoms with Crippen LogP contribution in [0.5, 0.6) is 23.0 Å². The molecule has 2 aromatic carbocycles. The molecule has 2 saturated heterocycles. The van der Waals surface area contributed by atoms with Crippen molar-refractivity contribution in [2.45, 2.75) is 316 Å². The quantitative estimate of drug-likeness (QED) is 0.0148. The van der Waals surface area contributed by atoms with Crippen molar-refractivity contribution >= 4 is 131 Å². The van der Waals surface area contributed by atoms with Gasteiger partial charge in [-0.05, 0) is 293 Å². The van der Waals surface area contributed by atoms with E-state index in [0.29, 0.717) is 226 Å². The van der Waals surface area contributed by atoms with E-state index < -0.39 is 59.7 Å². The number of hydrogen-bond acceptors (Lipinski definition) is 34. The number of unbranched alkanes of at least 4 members (excludes halogenated alkanes) is 8. The topological polar surface area (TPSA) is 402 Å². The fourth-order valence-corrected chi connectivity index (χ4v) is 24.6. The lowest BCUT2D eigenvalue weighted by molar-refractivity contribution is -0.159. The van der Waals surface area contributed by atoms with Gasteiger partial charge >= 0.3 is 83.8 Å². The van der Waals surface area contributed by atoms with E-state index in [2.05, 4.69) is 40.7 Å². The van der Waals surface area contributed by atoms with Gasteiger partial charge in [-0.25, -0.2) is 48.0 Å². The minimum atomic E-state index is -0.809. The molecule has 0 aromatic heterocycles. The Balaban J connectivity index is 0.000000288. The third-order valence-electron chi connectivity index (χ3n) is 28.1. The van der Waals surface area contributed by atoms with Crippen molar-refractivity contribution in [1.82, 2.24) is 9.80 Å². The Morgan fingerprint density at radius 2 is 0.633 bits per heavy atom. The molecule has 2 atom stereocenters. The highest BCUT2D eigenvalue weighted by atomic mass is 32.2. The van der Waals surface area contributed by atoms with E-state index in [1.807, 2.05) is 19.1 Å². The Morgan fingerprint density at radius 1 is 0.333 bits per heavy atom. The van der Waals surface area contributed by atoms with E-state index in [9.17, 15) is 67.1 Å². The zero-order chi connectivity index (χ0) is 108.